The van der Waals surface area contributed by atoms with Crippen LogP contribution < -0.4 is 21.3 Å². The molecule has 1 atom stereocenters. The van der Waals surface area contributed by atoms with Crippen LogP contribution in [0, 0.1) is 11.6 Å². The lowest BCUT2D eigenvalue weighted by Crippen LogP contribution is -2.43. The van der Waals surface area contributed by atoms with Crippen molar-refractivity contribution in [3.05, 3.63) is 59.7 Å². The molecule has 154 valence electrons. The molecule has 29 heavy (non-hydrogen) atoms. The number of nitrogens with two attached hydrogens (primary N) is 1. The molecule has 3 rings (SSSR count). The van der Waals surface area contributed by atoms with Crippen LogP contribution in [0.4, 0.5) is 20.2 Å². The van der Waals surface area contributed by atoms with Crippen molar-refractivity contribution >= 4 is 23.2 Å². The number of hydrogen-bond acceptors (Lipinski definition) is 4. The van der Waals surface area contributed by atoms with Gasteiger partial charge in [-0.1, -0.05) is 12.1 Å². The van der Waals surface area contributed by atoms with Crippen LogP contribution in [0.15, 0.2) is 42.5 Å². The van der Waals surface area contributed by atoms with Crippen molar-refractivity contribution in [3.8, 4) is 0 Å². The number of benzene rings is 2. The highest BCUT2D eigenvalue weighted by atomic mass is 19.1. The van der Waals surface area contributed by atoms with E-state index in [0.29, 0.717) is 24.5 Å². The summed E-state index contributed by atoms with van der Waals surface area (Å²) >= 11 is 0. The van der Waals surface area contributed by atoms with Gasteiger partial charge < -0.3 is 21.3 Å². The maximum atomic E-state index is 13.8. The summed E-state index contributed by atoms with van der Waals surface area (Å²) in [7, 11) is 0. The summed E-state index contributed by atoms with van der Waals surface area (Å²) in [5.41, 5.74) is 6.80. The molecular weight excluding hydrogens is 378 g/mol. The zero-order valence-electron chi connectivity index (χ0n) is 16.1. The summed E-state index contributed by atoms with van der Waals surface area (Å²) < 4.78 is 27.6. The molecule has 0 saturated carbocycles. The van der Waals surface area contributed by atoms with Gasteiger partial charge in [0.25, 0.3) is 5.91 Å². The van der Waals surface area contributed by atoms with Crippen LogP contribution in [-0.4, -0.2) is 37.0 Å². The fraction of sp³-hybridized carbons (Fsp3) is 0.333. The average Bonchev–Trinajstić information content (AvgIpc) is 2.69. The van der Waals surface area contributed by atoms with Gasteiger partial charge >= 0.3 is 0 Å². The third kappa shape index (κ3) is 5.08. The van der Waals surface area contributed by atoms with Crippen molar-refractivity contribution in [2.45, 2.75) is 31.8 Å². The van der Waals surface area contributed by atoms with Gasteiger partial charge in [0.1, 0.15) is 17.7 Å². The summed E-state index contributed by atoms with van der Waals surface area (Å²) in [5.74, 6) is -2.39. The minimum atomic E-state index is -0.951. The van der Waals surface area contributed by atoms with E-state index in [4.69, 9.17) is 5.73 Å². The molecule has 1 aliphatic heterocycles. The first-order chi connectivity index (χ1) is 13.8. The summed E-state index contributed by atoms with van der Waals surface area (Å²) in [5, 5.41) is 5.13. The highest BCUT2D eigenvalue weighted by Crippen LogP contribution is 2.29. The number of rotatable bonds is 5. The third-order valence-corrected chi connectivity index (χ3v) is 4.96. The van der Waals surface area contributed by atoms with Gasteiger partial charge in [0.2, 0.25) is 5.91 Å². The second-order valence-electron chi connectivity index (χ2n) is 7.15. The fourth-order valence-electron chi connectivity index (χ4n) is 3.25. The number of carbonyl (C=O) groups is 2. The van der Waals surface area contributed by atoms with Crippen molar-refractivity contribution in [2.24, 2.45) is 5.73 Å². The largest absolute Gasteiger partial charge is 0.370 e. The molecule has 6 nitrogen and oxygen atoms in total. The van der Waals surface area contributed by atoms with E-state index in [1.165, 1.54) is 43.3 Å². The van der Waals surface area contributed by atoms with Gasteiger partial charge in [-0.25, -0.2) is 8.78 Å². The van der Waals surface area contributed by atoms with Crippen LogP contribution in [-0.2, 0) is 4.79 Å². The quantitative estimate of drug-likeness (QED) is 0.718. The molecule has 0 aromatic heterocycles. The van der Waals surface area contributed by atoms with Gasteiger partial charge in [0, 0.05) is 19.1 Å². The lowest BCUT2D eigenvalue weighted by Gasteiger charge is -2.33. The summed E-state index contributed by atoms with van der Waals surface area (Å²) in [4.78, 5) is 26.8. The normalized spacial score (nSPS) is 15.7. The van der Waals surface area contributed by atoms with Crippen LogP contribution in [0.5, 0.6) is 0 Å². The lowest BCUT2D eigenvalue weighted by molar-refractivity contribution is -0.117. The minimum Gasteiger partial charge on any atom is -0.370 e. The molecule has 0 bridgehead atoms. The van der Waals surface area contributed by atoms with E-state index in [9.17, 15) is 18.4 Å². The predicted octanol–water partition coefficient (Wildman–Crippen LogP) is 2.65. The number of halogens is 2. The molecular formula is C21H24F2N4O2. The molecule has 1 aliphatic rings. The monoisotopic (exact) mass is 402 g/mol. The Morgan fingerprint density at radius 2 is 1.83 bits per heavy atom. The zero-order chi connectivity index (χ0) is 21.0. The van der Waals surface area contributed by atoms with E-state index in [1.54, 1.807) is 6.07 Å². The van der Waals surface area contributed by atoms with Crippen molar-refractivity contribution in [2.75, 3.05) is 23.3 Å². The first kappa shape index (κ1) is 20.7. The maximum Gasteiger partial charge on any atom is 0.254 e. The van der Waals surface area contributed by atoms with E-state index in [-0.39, 0.29) is 11.6 Å². The molecule has 0 aliphatic carbocycles. The Balaban J connectivity index is 1.70. The Morgan fingerprint density at radius 1 is 1.14 bits per heavy atom. The van der Waals surface area contributed by atoms with Gasteiger partial charge in [-0.05, 0) is 50.1 Å². The van der Waals surface area contributed by atoms with Crippen molar-refractivity contribution in [1.82, 2.24) is 5.32 Å². The molecule has 2 aromatic carbocycles. The Labute approximate surface area is 168 Å². The van der Waals surface area contributed by atoms with Gasteiger partial charge in [-0.15, -0.1) is 0 Å². The number of nitrogens with zero attached hydrogens (tertiary/aromatic N) is 1. The second-order valence-corrected chi connectivity index (χ2v) is 7.15. The topological polar surface area (TPSA) is 87.5 Å². The predicted molar refractivity (Wildman–Crippen MR) is 108 cm³/mol. The molecule has 0 spiro atoms. The van der Waals surface area contributed by atoms with E-state index >= 15 is 0 Å². The highest BCUT2D eigenvalue weighted by molar-refractivity contribution is 6.02. The molecule has 1 unspecified atom stereocenters. The van der Waals surface area contributed by atoms with E-state index in [1.807, 2.05) is 4.90 Å². The molecule has 2 aromatic rings. The molecule has 1 saturated heterocycles. The summed E-state index contributed by atoms with van der Waals surface area (Å²) in [6, 6.07) is 8.89. The average molecular weight is 402 g/mol. The number of nitrogens with one attached hydrogen (secondary N) is 2. The molecule has 1 heterocycles. The Kier molecular flexibility index (Phi) is 6.43. The SMILES string of the molecule is CC(NC(=O)c1ccccc1F)C(=O)Nc1cc(F)ccc1N1CCC(N)CC1. The lowest BCUT2D eigenvalue weighted by atomic mass is 10.0. The second kappa shape index (κ2) is 9.00. The van der Waals surface area contributed by atoms with Gasteiger partial charge in [0.05, 0.1) is 16.9 Å². The Hall–Kier alpha value is -3.00. The summed E-state index contributed by atoms with van der Waals surface area (Å²) in [6.07, 6.45) is 1.61. The third-order valence-electron chi connectivity index (χ3n) is 4.96. The van der Waals surface area contributed by atoms with Crippen LogP contribution in [0.25, 0.3) is 0 Å². The van der Waals surface area contributed by atoms with Crippen molar-refractivity contribution in [3.63, 3.8) is 0 Å². The van der Waals surface area contributed by atoms with Crippen molar-refractivity contribution in [1.29, 1.82) is 0 Å². The van der Waals surface area contributed by atoms with Gasteiger partial charge in [-0.2, -0.15) is 0 Å². The van der Waals surface area contributed by atoms with Crippen LogP contribution in [0.1, 0.15) is 30.1 Å². The number of anilines is 2. The van der Waals surface area contributed by atoms with Gasteiger partial charge in [-0.3, -0.25) is 9.59 Å². The zero-order valence-corrected chi connectivity index (χ0v) is 16.1. The van der Waals surface area contributed by atoms with Gasteiger partial charge in [0.15, 0.2) is 0 Å². The Bertz CT molecular complexity index is 898. The number of amides is 2. The van der Waals surface area contributed by atoms with E-state index < -0.39 is 29.5 Å². The highest BCUT2D eigenvalue weighted by Gasteiger charge is 2.23. The van der Waals surface area contributed by atoms with E-state index in [0.717, 1.165) is 12.8 Å². The fourth-order valence-corrected chi connectivity index (χ4v) is 3.25. The maximum absolute atomic E-state index is 13.8. The molecule has 2 amide bonds. The number of hydrogen-bond donors (Lipinski definition) is 3. The number of carbonyl (C=O) groups excluding carboxylic acids is 2. The van der Waals surface area contributed by atoms with Crippen LogP contribution in [0.3, 0.4) is 0 Å². The standard InChI is InChI=1S/C21H24F2N4O2/c1-13(25-21(29)16-4-2-3-5-17(16)23)20(28)26-18-12-14(22)6-7-19(18)27-10-8-15(24)9-11-27/h2-7,12-13,15H,8-11,24H2,1H3,(H,25,29)(H,26,28). The Morgan fingerprint density at radius 3 is 2.52 bits per heavy atom. The minimum absolute atomic E-state index is 0.137. The summed E-state index contributed by atoms with van der Waals surface area (Å²) in [6.45, 7) is 2.89. The molecule has 4 N–H and O–H groups in total. The molecule has 1 fully saturated rings. The first-order valence-electron chi connectivity index (χ1n) is 9.51. The van der Waals surface area contributed by atoms with E-state index in [2.05, 4.69) is 10.6 Å². The van der Waals surface area contributed by atoms with Crippen LogP contribution >= 0.6 is 0 Å². The molecule has 0 radical (unpaired) electrons. The smallest absolute Gasteiger partial charge is 0.254 e. The molecule has 8 heteroatoms. The van der Waals surface area contributed by atoms with Crippen molar-refractivity contribution < 1.29 is 18.4 Å². The first-order valence-corrected chi connectivity index (χ1v) is 9.51. The van der Waals surface area contributed by atoms with Crippen LogP contribution in [0.2, 0.25) is 0 Å². The number of piperidine rings is 1.